The molecule has 0 aliphatic carbocycles. The molecule has 1 fully saturated rings. The van der Waals surface area contributed by atoms with Crippen LogP contribution >= 0.6 is 0 Å². The van der Waals surface area contributed by atoms with Gasteiger partial charge in [-0.05, 0) is 25.9 Å². The Balaban J connectivity index is 2.04. The molecular weight excluding hydrogens is 140 g/mol. The van der Waals surface area contributed by atoms with Crippen molar-refractivity contribution in [1.29, 1.82) is 0 Å². The lowest BCUT2D eigenvalue weighted by Crippen LogP contribution is -2.29. The summed E-state index contributed by atoms with van der Waals surface area (Å²) < 4.78 is 1.96. The van der Waals surface area contributed by atoms with Crippen LogP contribution in [-0.4, -0.2) is 27.9 Å². The Hall–Kier alpha value is -0.900. The van der Waals surface area contributed by atoms with E-state index in [4.69, 9.17) is 0 Å². The number of nitrogens with zero attached hydrogens (tertiary/aromatic N) is 3. The number of nitrogens with one attached hydrogen (secondary N) is 1. The lowest BCUT2D eigenvalue weighted by atomic mass is 10.1. The Bertz CT molecular complexity index is 200. The first kappa shape index (κ1) is 6.79. The predicted molar refractivity (Wildman–Crippen MR) is 41.2 cm³/mol. The van der Waals surface area contributed by atoms with Gasteiger partial charge >= 0.3 is 0 Å². The number of piperidine rings is 1. The summed E-state index contributed by atoms with van der Waals surface area (Å²) in [5.41, 5.74) is 0. The van der Waals surface area contributed by atoms with Crippen LogP contribution in [0.1, 0.15) is 18.9 Å². The van der Waals surface area contributed by atoms with Gasteiger partial charge in [0.1, 0.15) is 12.7 Å². The van der Waals surface area contributed by atoms with E-state index in [2.05, 4.69) is 15.4 Å². The highest BCUT2D eigenvalue weighted by molar-refractivity contribution is 4.74. The first-order valence-electron chi connectivity index (χ1n) is 4.01. The van der Waals surface area contributed by atoms with Crippen molar-refractivity contribution in [3.8, 4) is 0 Å². The Kier molecular flexibility index (Phi) is 1.85. The number of hydrogen-bond acceptors (Lipinski definition) is 3. The molecule has 0 radical (unpaired) electrons. The maximum absolute atomic E-state index is 4.12. The molecule has 0 aromatic carbocycles. The smallest absolute Gasteiger partial charge is 0.137 e. The molecule has 0 spiro atoms. The molecule has 1 aromatic heterocycles. The molecular formula is C7H12N4. The largest absolute Gasteiger partial charge is 0.317 e. The average Bonchev–Trinajstić information content (AvgIpc) is 2.58. The maximum atomic E-state index is 4.12. The molecule has 1 N–H and O–H groups in total. The van der Waals surface area contributed by atoms with Crippen molar-refractivity contribution < 1.29 is 0 Å². The fourth-order valence-corrected chi connectivity index (χ4v) is 1.48. The summed E-state index contributed by atoms with van der Waals surface area (Å²) in [6.45, 7) is 2.20. The van der Waals surface area contributed by atoms with Gasteiger partial charge in [0.25, 0.3) is 0 Å². The van der Waals surface area contributed by atoms with E-state index in [-0.39, 0.29) is 0 Å². The van der Waals surface area contributed by atoms with Crippen LogP contribution in [0.2, 0.25) is 0 Å². The summed E-state index contributed by atoms with van der Waals surface area (Å²) in [5.74, 6) is 0. The molecule has 0 atom stereocenters. The van der Waals surface area contributed by atoms with Crippen molar-refractivity contribution in [1.82, 2.24) is 20.1 Å². The third-order valence-electron chi connectivity index (χ3n) is 2.12. The topological polar surface area (TPSA) is 42.7 Å². The second kappa shape index (κ2) is 3.00. The third-order valence-corrected chi connectivity index (χ3v) is 2.12. The Morgan fingerprint density at radius 3 is 2.82 bits per heavy atom. The van der Waals surface area contributed by atoms with E-state index in [0.29, 0.717) is 6.04 Å². The molecule has 1 saturated heterocycles. The van der Waals surface area contributed by atoms with Gasteiger partial charge in [0, 0.05) is 0 Å². The molecule has 2 heterocycles. The summed E-state index contributed by atoms with van der Waals surface area (Å²) in [5, 5.41) is 7.43. The number of aromatic nitrogens is 3. The second-order valence-electron chi connectivity index (χ2n) is 2.86. The molecule has 0 saturated carbocycles. The normalized spacial score (nSPS) is 20.4. The lowest BCUT2D eigenvalue weighted by Gasteiger charge is -2.22. The van der Waals surface area contributed by atoms with Gasteiger partial charge in [-0.15, -0.1) is 0 Å². The van der Waals surface area contributed by atoms with Crippen molar-refractivity contribution in [2.45, 2.75) is 18.9 Å². The van der Waals surface area contributed by atoms with Gasteiger partial charge in [0.2, 0.25) is 0 Å². The molecule has 4 nitrogen and oxygen atoms in total. The number of rotatable bonds is 1. The monoisotopic (exact) mass is 152 g/mol. The average molecular weight is 152 g/mol. The molecule has 60 valence electrons. The van der Waals surface area contributed by atoms with Crippen molar-refractivity contribution in [3.63, 3.8) is 0 Å². The molecule has 1 aliphatic heterocycles. The van der Waals surface area contributed by atoms with Gasteiger partial charge in [-0.2, -0.15) is 5.10 Å². The van der Waals surface area contributed by atoms with Crippen molar-refractivity contribution in [2.24, 2.45) is 0 Å². The predicted octanol–water partition coefficient (Wildman–Crippen LogP) is 0.203. The molecule has 4 heteroatoms. The summed E-state index contributed by atoms with van der Waals surface area (Å²) in [6, 6.07) is 0.568. The van der Waals surface area contributed by atoms with E-state index < -0.39 is 0 Å². The molecule has 1 aromatic rings. The highest BCUT2D eigenvalue weighted by atomic mass is 15.3. The zero-order chi connectivity index (χ0) is 7.52. The van der Waals surface area contributed by atoms with Crippen molar-refractivity contribution in [2.75, 3.05) is 13.1 Å². The molecule has 0 amide bonds. The summed E-state index contributed by atoms with van der Waals surface area (Å²) in [7, 11) is 0. The Morgan fingerprint density at radius 1 is 1.36 bits per heavy atom. The minimum Gasteiger partial charge on any atom is -0.317 e. The number of hydrogen-bond donors (Lipinski definition) is 1. The summed E-state index contributed by atoms with van der Waals surface area (Å²) in [6.07, 6.45) is 5.74. The van der Waals surface area contributed by atoms with E-state index in [1.54, 1.807) is 12.7 Å². The van der Waals surface area contributed by atoms with Gasteiger partial charge in [0.15, 0.2) is 0 Å². The summed E-state index contributed by atoms with van der Waals surface area (Å²) >= 11 is 0. The standard InChI is InChI=1S/C7H12N4/c1-3-8-4-2-7(1)11-6-9-5-10-11/h5-8H,1-4H2. The lowest BCUT2D eigenvalue weighted by molar-refractivity contribution is 0.342. The quantitative estimate of drug-likeness (QED) is 0.625. The molecule has 1 aliphatic rings. The van der Waals surface area contributed by atoms with Gasteiger partial charge in [0.05, 0.1) is 6.04 Å². The first-order valence-corrected chi connectivity index (χ1v) is 4.01. The van der Waals surface area contributed by atoms with Crippen molar-refractivity contribution in [3.05, 3.63) is 12.7 Å². The van der Waals surface area contributed by atoms with Crippen LogP contribution in [0.5, 0.6) is 0 Å². The van der Waals surface area contributed by atoms with Crippen LogP contribution in [0.3, 0.4) is 0 Å². The zero-order valence-electron chi connectivity index (χ0n) is 6.40. The van der Waals surface area contributed by atoms with E-state index in [9.17, 15) is 0 Å². The van der Waals surface area contributed by atoms with Crippen LogP contribution in [0.15, 0.2) is 12.7 Å². The van der Waals surface area contributed by atoms with Gasteiger partial charge < -0.3 is 5.32 Å². The molecule has 11 heavy (non-hydrogen) atoms. The zero-order valence-corrected chi connectivity index (χ0v) is 6.40. The van der Waals surface area contributed by atoms with Gasteiger partial charge in [-0.3, -0.25) is 0 Å². The fraction of sp³-hybridized carbons (Fsp3) is 0.714. The van der Waals surface area contributed by atoms with Gasteiger partial charge in [-0.1, -0.05) is 0 Å². The van der Waals surface area contributed by atoms with Crippen LogP contribution in [-0.2, 0) is 0 Å². The fourth-order valence-electron chi connectivity index (χ4n) is 1.48. The molecule has 0 bridgehead atoms. The minimum atomic E-state index is 0.568. The van der Waals surface area contributed by atoms with Crippen LogP contribution in [0.4, 0.5) is 0 Å². The highest BCUT2D eigenvalue weighted by Gasteiger charge is 2.14. The highest BCUT2D eigenvalue weighted by Crippen LogP contribution is 2.15. The Morgan fingerprint density at radius 2 is 2.18 bits per heavy atom. The SMILES string of the molecule is c1ncn(C2CCNCC2)n1. The Labute approximate surface area is 65.6 Å². The summed E-state index contributed by atoms with van der Waals surface area (Å²) in [4.78, 5) is 3.93. The minimum absolute atomic E-state index is 0.568. The van der Waals surface area contributed by atoms with Gasteiger partial charge in [-0.25, -0.2) is 9.67 Å². The maximum Gasteiger partial charge on any atom is 0.137 e. The van der Waals surface area contributed by atoms with E-state index in [1.807, 2.05) is 4.68 Å². The van der Waals surface area contributed by atoms with Crippen LogP contribution in [0.25, 0.3) is 0 Å². The van der Waals surface area contributed by atoms with E-state index in [0.717, 1.165) is 13.1 Å². The second-order valence-corrected chi connectivity index (χ2v) is 2.86. The van der Waals surface area contributed by atoms with E-state index >= 15 is 0 Å². The van der Waals surface area contributed by atoms with Crippen LogP contribution < -0.4 is 5.32 Å². The first-order chi connectivity index (χ1) is 5.47. The molecule has 0 unspecified atom stereocenters. The van der Waals surface area contributed by atoms with Crippen molar-refractivity contribution >= 4 is 0 Å². The van der Waals surface area contributed by atoms with E-state index in [1.165, 1.54) is 12.8 Å². The molecule has 2 rings (SSSR count). The third kappa shape index (κ3) is 1.40. The van der Waals surface area contributed by atoms with Crippen LogP contribution in [0, 0.1) is 0 Å².